The van der Waals surface area contributed by atoms with Gasteiger partial charge in [0.25, 0.3) is 0 Å². The van der Waals surface area contributed by atoms with E-state index in [2.05, 4.69) is 31.8 Å². The average Bonchev–Trinajstić information content (AvgIpc) is 2.25. The molecule has 0 heterocycles. The van der Waals surface area contributed by atoms with Gasteiger partial charge in [-0.25, -0.2) is 0 Å². The molecule has 0 saturated carbocycles. The molecule has 0 atom stereocenters. The van der Waals surface area contributed by atoms with Gasteiger partial charge in [0, 0.05) is 4.38 Å². The Morgan fingerprint density at radius 2 is 1.29 bits per heavy atom. The summed E-state index contributed by atoms with van der Waals surface area (Å²) in [5, 5.41) is 0. The van der Waals surface area contributed by atoms with Crippen LogP contribution in [0.3, 0.4) is 0 Å². The largest absolute Gasteiger partial charge is 1.00 e. The minimum Gasteiger partial charge on any atom is -0.514 e. The van der Waals surface area contributed by atoms with Gasteiger partial charge in [0.1, 0.15) is 0 Å². The second-order valence-electron chi connectivity index (χ2n) is 4.28. The molecule has 0 saturated heterocycles. The molecule has 17 heavy (non-hydrogen) atoms. The van der Waals surface area contributed by atoms with Crippen LogP contribution in [0, 0.1) is 0 Å². The summed E-state index contributed by atoms with van der Waals surface area (Å²) < 4.78 is 5.32. The third kappa shape index (κ3) is 19.6. The van der Waals surface area contributed by atoms with E-state index < -0.39 is 0 Å². The number of ether oxygens (including phenoxy) is 1. The molecule has 0 radical (unpaired) electrons. The second-order valence-corrected chi connectivity index (χ2v) is 5.28. The molecule has 4 heteroatoms. The summed E-state index contributed by atoms with van der Waals surface area (Å²) in [6.45, 7) is 2.97. The number of rotatable bonds is 11. The van der Waals surface area contributed by atoms with E-state index in [9.17, 15) is 0 Å². The van der Waals surface area contributed by atoms with Crippen molar-refractivity contribution in [1.29, 1.82) is 0 Å². The monoisotopic (exact) mass is 284 g/mol. The number of unbranched alkanes of at least 4 members (excludes halogenated alkanes) is 9. The first-order valence-electron chi connectivity index (χ1n) is 6.61. The van der Waals surface area contributed by atoms with Crippen molar-refractivity contribution in [3.63, 3.8) is 0 Å². The molecular weight excluding hydrogens is 259 g/mol. The molecule has 0 spiro atoms. The second kappa shape index (κ2) is 17.1. The Balaban J connectivity index is 0. The molecule has 0 amide bonds. The number of hydrogen-bond acceptors (Lipinski definition) is 3. The van der Waals surface area contributed by atoms with Crippen LogP contribution >= 0.6 is 12.2 Å². The topological polar surface area (TPSA) is 9.23 Å². The van der Waals surface area contributed by atoms with Gasteiger partial charge < -0.3 is 29.6 Å². The van der Waals surface area contributed by atoms with Crippen LogP contribution in [-0.2, 0) is 17.4 Å². The van der Waals surface area contributed by atoms with E-state index in [-0.39, 0.29) is 33.9 Å². The van der Waals surface area contributed by atoms with Gasteiger partial charge in [0.05, 0.1) is 6.61 Å². The van der Waals surface area contributed by atoms with Gasteiger partial charge in [0.2, 0.25) is 0 Å². The first-order valence-corrected chi connectivity index (χ1v) is 7.42. The zero-order valence-corrected chi connectivity index (χ0v) is 15.1. The molecule has 96 valence electrons. The molecule has 0 aromatic heterocycles. The van der Waals surface area contributed by atoms with Gasteiger partial charge in [-0.2, -0.15) is 0 Å². The predicted molar refractivity (Wildman–Crippen MR) is 77.8 cm³/mol. The molecular formula is C13H25NaOS2. The summed E-state index contributed by atoms with van der Waals surface area (Å²) in [7, 11) is 0. The number of hydrogen-bond donors (Lipinski definition) is 0. The molecule has 0 aliphatic rings. The van der Waals surface area contributed by atoms with Gasteiger partial charge in [-0.3, -0.25) is 0 Å². The van der Waals surface area contributed by atoms with E-state index >= 15 is 0 Å². The minimum atomic E-state index is 0. The van der Waals surface area contributed by atoms with Gasteiger partial charge in [-0.1, -0.05) is 64.7 Å². The third-order valence-corrected chi connectivity index (χ3v) is 2.95. The van der Waals surface area contributed by atoms with Crippen molar-refractivity contribution in [1.82, 2.24) is 0 Å². The van der Waals surface area contributed by atoms with Crippen molar-refractivity contribution in [2.75, 3.05) is 6.61 Å². The van der Waals surface area contributed by atoms with Gasteiger partial charge >= 0.3 is 29.6 Å². The van der Waals surface area contributed by atoms with Crippen LogP contribution in [0.2, 0.25) is 0 Å². The fourth-order valence-corrected chi connectivity index (χ4v) is 1.91. The summed E-state index contributed by atoms with van der Waals surface area (Å²) >= 11 is 9.32. The van der Waals surface area contributed by atoms with Crippen molar-refractivity contribution < 1.29 is 34.3 Å². The third-order valence-electron chi connectivity index (χ3n) is 2.72. The summed E-state index contributed by atoms with van der Waals surface area (Å²) in [6, 6.07) is 0. The summed E-state index contributed by atoms with van der Waals surface area (Å²) in [5.41, 5.74) is 0. The summed E-state index contributed by atoms with van der Waals surface area (Å²) in [5.74, 6) is 0. The molecule has 0 bridgehead atoms. The minimum absolute atomic E-state index is 0. The van der Waals surface area contributed by atoms with E-state index in [4.69, 9.17) is 4.74 Å². The average molecular weight is 284 g/mol. The Hall–Kier alpha value is 1.11. The fraction of sp³-hybridized carbons (Fsp3) is 0.923. The maximum atomic E-state index is 5.06. The van der Waals surface area contributed by atoms with Crippen molar-refractivity contribution in [2.45, 2.75) is 71.1 Å². The number of thiocarbonyl (C=S) groups is 1. The Labute approximate surface area is 140 Å². The zero-order chi connectivity index (χ0) is 12.1. The van der Waals surface area contributed by atoms with Crippen molar-refractivity contribution >= 4 is 29.2 Å². The molecule has 1 nitrogen and oxygen atoms in total. The summed E-state index contributed by atoms with van der Waals surface area (Å²) in [4.78, 5) is 0. The molecule has 0 N–H and O–H groups in total. The maximum absolute atomic E-state index is 5.06. The zero-order valence-electron chi connectivity index (χ0n) is 11.5. The standard InChI is InChI=1S/C13H26OS2.Na/c1-2-3-4-5-6-7-8-9-10-11-12-14-13(15)16;/h2-12H2,1H3,(H,15,16);/q;+1/p-1. The molecule has 0 aliphatic heterocycles. The van der Waals surface area contributed by atoms with Crippen molar-refractivity contribution in [3.8, 4) is 0 Å². The van der Waals surface area contributed by atoms with Crippen LogP contribution in [0.4, 0.5) is 0 Å². The van der Waals surface area contributed by atoms with Crippen molar-refractivity contribution in [2.24, 2.45) is 0 Å². The van der Waals surface area contributed by atoms with Crippen molar-refractivity contribution in [3.05, 3.63) is 0 Å². The summed E-state index contributed by atoms with van der Waals surface area (Å²) in [6.07, 6.45) is 13.4. The van der Waals surface area contributed by atoms with E-state index in [1.54, 1.807) is 0 Å². The van der Waals surface area contributed by atoms with Gasteiger partial charge in [-0.15, -0.1) is 0 Å². The predicted octanol–water partition coefficient (Wildman–Crippen LogP) is 1.76. The van der Waals surface area contributed by atoms with Crippen LogP contribution in [0.25, 0.3) is 0 Å². The Morgan fingerprint density at radius 3 is 1.71 bits per heavy atom. The quantitative estimate of drug-likeness (QED) is 0.248. The Morgan fingerprint density at radius 1 is 0.882 bits per heavy atom. The molecule has 0 aromatic rings. The Bertz CT molecular complexity index is 165. The van der Waals surface area contributed by atoms with E-state index in [1.807, 2.05) is 0 Å². The first-order chi connectivity index (χ1) is 7.77. The smallest absolute Gasteiger partial charge is 0.514 e. The molecule has 0 aliphatic carbocycles. The first kappa shape index (κ1) is 20.4. The van der Waals surface area contributed by atoms with Crippen LogP contribution < -0.4 is 29.6 Å². The SMILES string of the molecule is CCCCCCCCCCCCOC(=S)[S-].[Na+]. The van der Waals surface area contributed by atoms with Crippen LogP contribution in [0.1, 0.15) is 71.1 Å². The Kier molecular flexibility index (Phi) is 20.6. The maximum Gasteiger partial charge on any atom is 1.00 e. The molecule has 0 fully saturated rings. The van der Waals surface area contributed by atoms with Crippen LogP contribution in [-0.4, -0.2) is 11.0 Å². The van der Waals surface area contributed by atoms with Gasteiger partial charge in [0.15, 0.2) is 0 Å². The molecule has 0 rings (SSSR count). The van der Waals surface area contributed by atoms with E-state index in [1.165, 1.54) is 57.8 Å². The normalized spacial score (nSPS) is 9.71. The molecule has 0 unspecified atom stereocenters. The van der Waals surface area contributed by atoms with E-state index in [0.29, 0.717) is 6.61 Å². The van der Waals surface area contributed by atoms with Crippen LogP contribution in [0.15, 0.2) is 0 Å². The van der Waals surface area contributed by atoms with Gasteiger partial charge in [-0.05, 0) is 6.42 Å². The van der Waals surface area contributed by atoms with Crippen LogP contribution in [0.5, 0.6) is 0 Å². The fourth-order valence-electron chi connectivity index (χ4n) is 1.75. The molecule has 0 aromatic carbocycles. The van der Waals surface area contributed by atoms with E-state index in [0.717, 1.165) is 6.42 Å².